The first-order chi connectivity index (χ1) is 21.0. The van der Waals surface area contributed by atoms with Crippen LogP contribution >= 0.6 is 0 Å². The summed E-state index contributed by atoms with van der Waals surface area (Å²) >= 11 is 0. The minimum atomic E-state index is -1.21. The summed E-state index contributed by atoms with van der Waals surface area (Å²) in [5.41, 5.74) is 4.53. The summed E-state index contributed by atoms with van der Waals surface area (Å²) in [6.45, 7) is 0.115. The molecule has 7 rings (SSSR count). The van der Waals surface area contributed by atoms with Crippen LogP contribution in [0.15, 0.2) is 109 Å². The van der Waals surface area contributed by atoms with Gasteiger partial charge in [-0.2, -0.15) is 0 Å². The molecular weight excluding hydrogens is 540 g/mol. The van der Waals surface area contributed by atoms with Crippen LogP contribution in [0.25, 0.3) is 12.2 Å². The average Bonchev–Trinajstić information content (AvgIpc) is 3.23. The summed E-state index contributed by atoms with van der Waals surface area (Å²) in [6.07, 6.45) is 5.09. The maximum absolute atomic E-state index is 14.6. The lowest BCUT2D eigenvalue weighted by Crippen LogP contribution is -2.67. The van der Waals surface area contributed by atoms with E-state index in [0.717, 1.165) is 22.5 Å². The number of carboxylic acids is 1. The number of amides is 4. The molecule has 0 aromatic heterocycles. The third kappa shape index (κ3) is 4.52. The van der Waals surface area contributed by atoms with E-state index in [9.17, 15) is 19.5 Å². The zero-order valence-electron chi connectivity index (χ0n) is 23.4. The number of rotatable bonds is 3. The highest BCUT2D eigenvalue weighted by molar-refractivity contribution is 6.07. The summed E-state index contributed by atoms with van der Waals surface area (Å²) in [5.74, 6) is -1.13. The zero-order chi connectivity index (χ0) is 29.5. The van der Waals surface area contributed by atoms with Crippen LogP contribution in [0.4, 0.5) is 32.3 Å². The Bertz CT molecular complexity index is 1640. The van der Waals surface area contributed by atoms with E-state index in [4.69, 9.17) is 0 Å². The molecule has 8 nitrogen and oxygen atoms in total. The third-order valence-electron chi connectivity index (χ3n) is 8.58. The maximum atomic E-state index is 14.6. The molecule has 0 aliphatic carbocycles. The Morgan fingerprint density at radius 1 is 0.674 bits per heavy atom. The number of hydrogen-bond donors (Lipinski definition) is 1. The Kier molecular flexibility index (Phi) is 6.66. The van der Waals surface area contributed by atoms with E-state index in [2.05, 4.69) is 0 Å². The molecule has 4 aromatic rings. The number of fused-ring (bicyclic) bond motifs is 4. The molecule has 0 saturated carbocycles. The molecule has 4 amide bonds. The van der Waals surface area contributed by atoms with Gasteiger partial charge in [0.25, 0.3) is 0 Å². The van der Waals surface area contributed by atoms with Crippen LogP contribution in [0.5, 0.6) is 0 Å². The first-order valence-corrected chi connectivity index (χ1v) is 14.4. The molecule has 43 heavy (non-hydrogen) atoms. The van der Waals surface area contributed by atoms with Crippen molar-refractivity contribution in [3.8, 4) is 0 Å². The minimum Gasteiger partial charge on any atom is -0.480 e. The van der Waals surface area contributed by atoms with Crippen molar-refractivity contribution >= 4 is 52.9 Å². The molecule has 3 heterocycles. The van der Waals surface area contributed by atoms with Crippen LogP contribution in [0.2, 0.25) is 0 Å². The topological polar surface area (TPSA) is 84.4 Å². The fourth-order valence-corrected chi connectivity index (χ4v) is 6.69. The van der Waals surface area contributed by atoms with Gasteiger partial charge in [0.2, 0.25) is 0 Å². The van der Waals surface area contributed by atoms with E-state index >= 15 is 0 Å². The number of piperazine rings is 1. The fraction of sp³-hybridized carbons (Fsp3) is 0.171. The van der Waals surface area contributed by atoms with Gasteiger partial charge in [-0.25, -0.2) is 14.4 Å². The summed E-state index contributed by atoms with van der Waals surface area (Å²) < 4.78 is 0. The second kappa shape index (κ2) is 10.8. The quantitative estimate of drug-likeness (QED) is 0.288. The molecule has 2 fully saturated rings. The Morgan fingerprint density at radius 2 is 1.19 bits per heavy atom. The molecule has 4 aromatic carbocycles. The summed E-state index contributed by atoms with van der Waals surface area (Å²) in [4.78, 5) is 48.4. The van der Waals surface area contributed by atoms with Crippen molar-refractivity contribution in [2.24, 2.45) is 0 Å². The summed E-state index contributed by atoms with van der Waals surface area (Å²) in [5, 5.41) is 10.6. The van der Waals surface area contributed by atoms with Gasteiger partial charge in [0, 0.05) is 6.54 Å². The summed E-state index contributed by atoms with van der Waals surface area (Å²) in [6, 6.07) is 30.9. The van der Waals surface area contributed by atoms with Gasteiger partial charge in [-0.05, 0) is 60.4 Å². The van der Waals surface area contributed by atoms with Gasteiger partial charge in [0.15, 0.2) is 6.04 Å². The maximum Gasteiger partial charge on any atom is 0.329 e. The molecule has 1 unspecified atom stereocenters. The SMILES string of the molecule is O=C(O)[C@@H]1[C@H]2CCC(CN1C(=O)N(c1ccccc1)c1ccccc1)N2C(=O)N1c2ccccc2C=Cc2ccccc21. The summed E-state index contributed by atoms with van der Waals surface area (Å²) in [7, 11) is 0. The zero-order valence-corrected chi connectivity index (χ0v) is 23.4. The number of carbonyl (C=O) groups excluding carboxylic acids is 2. The molecule has 2 saturated heterocycles. The van der Waals surface area contributed by atoms with E-state index in [-0.39, 0.29) is 18.6 Å². The van der Waals surface area contributed by atoms with Crippen molar-refractivity contribution < 1.29 is 19.5 Å². The number of para-hydroxylation sites is 4. The lowest BCUT2D eigenvalue weighted by atomic mass is 10.0. The van der Waals surface area contributed by atoms with Crippen LogP contribution < -0.4 is 9.80 Å². The van der Waals surface area contributed by atoms with Gasteiger partial charge >= 0.3 is 18.0 Å². The number of aliphatic carboxylic acids is 1. The predicted octanol–water partition coefficient (Wildman–Crippen LogP) is 6.99. The van der Waals surface area contributed by atoms with Gasteiger partial charge in [0.1, 0.15) is 0 Å². The smallest absolute Gasteiger partial charge is 0.329 e. The van der Waals surface area contributed by atoms with E-state index in [1.807, 2.05) is 121 Å². The average molecular weight is 571 g/mol. The van der Waals surface area contributed by atoms with Crippen LogP contribution in [-0.2, 0) is 4.79 Å². The number of carboxylic acid groups (broad SMARTS) is 1. The molecule has 214 valence electrons. The molecule has 0 radical (unpaired) electrons. The fourth-order valence-electron chi connectivity index (χ4n) is 6.69. The van der Waals surface area contributed by atoms with Gasteiger partial charge in [-0.3, -0.25) is 9.80 Å². The Labute approximate surface area is 249 Å². The number of urea groups is 2. The first kappa shape index (κ1) is 26.5. The van der Waals surface area contributed by atoms with E-state index in [1.165, 1.54) is 4.90 Å². The van der Waals surface area contributed by atoms with Crippen molar-refractivity contribution in [2.45, 2.75) is 31.0 Å². The molecule has 3 atom stereocenters. The van der Waals surface area contributed by atoms with Crippen molar-refractivity contribution in [1.82, 2.24) is 9.80 Å². The highest BCUT2D eigenvalue weighted by Gasteiger charge is 2.54. The predicted molar refractivity (Wildman–Crippen MR) is 167 cm³/mol. The highest BCUT2D eigenvalue weighted by atomic mass is 16.4. The first-order valence-electron chi connectivity index (χ1n) is 14.4. The molecule has 2 bridgehead atoms. The second-order valence-electron chi connectivity index (χ2n) is 11.0. The highest BCUT2D eigenvalue weighted by Crippen LogP contribution is 2.42. The Hall–Kier alpha value is -5.37. The van der Waals surface area contributed by atoms with E-state index in [0.29, 0.717) is 24.2 Å². The molecular formula is C35H30N4O4. The molecule has 3 aliphatic rings. The number of likely N-dealkylation sites (tertiary alicyclic amines) is 1. The Balaban J connectivity index is 1.27. The van der Waals surface area contributed by atoms with Crippen molar-refractivity contribution in [2.75, 3.05) is 16.3 Å². The number of benzene rings is 4. The normalized spacial score (nSPS) is 20.2. The van der Waals surface area contributed by atoms with Crippen LogP contribution in [0, 0.1) is 0 Å². The van der Waals surface area contributed by atoms with Crippen molar-refractivity contribution in [3.63, 3.8) is 0 Å². The van der Waals surface area contributed by atoms with Crippen molar-refractivity contribution in [3.05, 3.63) is 120 Å². The molecule has 1 N–H and O–H groups in total. The van der Waals surface area contributed by atoms with Gasteiger partial charge in [0.05, 0.1) is 34.8 Å². The lowest BCUT2D eigenvalue weighted by Gasteiger charge is -2.47. The minimum absolute atomic E-state index is 0.115. The molecule has 3 aliphatic heterocycles. The van der Waals surface area contributed by atoms with Gasteiger partial charge in [-0.15, -0.1) is 0 Å². The van der Waals surface area contributed by atoms with E-state index in [1.54, 1.807) is 14.7 Å². The number of nitrogens with zero attached hydrogens (tertiary/aromatic N) is 4. The monoisotopic (exact) mass is 570 g/mol. The van der Waals surface area contributed by atoms with Crippen LogP contribution in [-0.4, -0.2) is 57.6 Å². The number of carbonyl (C=O) groups is 3. The largest absolute Gasteiger partial charge is 0.480 e. The molecule has 0 spiro atoms. The van der Waals surface area contributed by atoms with Crippen molar-refractivity contribution in [1.29, 1.82) is 0 Å². The number of hydrogen-bond acceptors (Lipinski definition) is 3. The van der Waals surface area contributed by atoms with Crippen LogP contribution in [0.3, 0.4) is 0 Å². The van der Waals surface area contributed by atoms with Crippen LogP contribution in [0.1, 0.15) is 24.0 Å². The third-order valence-corrected chi connectivity index (χ3v) is 8.58. The van der Waals surface area contributed by atoms with Gasteiger partial charge < -0.3 is 14.9 Å². The molecule has 8 heteroatoms. The Morgan fingerprint density at radius 3 is 1.72 bits per heavy atom. The second-order valence-corrected chi connectivity index (χ2v) is 11.0. The number of anilines is 4. The van der Waals surface area contributed by atoms with E-state index < -0.39 is 24.1 Å². The standard InChI is InChI=1S/C35H30N4O4/c40-33(41)32-31-22-21-28(23-36(32)34(42)37(26-13-3-1-4-14-26)27-15-5-2-6-16-27)38(31)35(43)39-29-17-9-7-11-24(29)19-20-25-12-8-10-18-30(25)39/h1-20,28,31-32H,21-23H2,(H,40,41)/t28?,31-,32+/m1/s1. The lowest BCUT2D eigenvalue weighted by molar-refractivity contribution is -0.145. The van der Waals surface area contributed by atoms with Gasteiger partial charge in [-0.1, -0.05) is 84.9 Å².